The molecular formula is C58H62BF13N2O2. The van der Waals surface area contributed by atoms with Crippen molar-refractivity contribution in [2.45, 2.75) is 148 Å². The summed E-state index contributed by atoms with van der Waals surface area (Å²) in [5, 5.41) is 0. The smallest absolute Gasteiger partial charge is 0.385 e. The van der Waals surface area contributed by atoms with Crippen LogP contribution in [0.5, 0.6) is 0 Å². The van der Waals surface area contributed by atoms with Crippen molar-refractivity contribution in [2.24, 2.45) is 4.99 Å². The van der Waals surface area contributed by atoms with Gasteiger partial charge in [-0.3, -0.25) is 0 Å². The molecule has 2 heterocycles. The standard InChI is InChI=1S/C58H62BF13N2O2/c1-50(2,3)39-21-13-35(14-22-39)44-31-46(37-17-25-41(26-18-37)52(7,8)9)73-48(44)43(29-30-56(64,65)66)49-45(36-15-23-40(24-16-36)51(4,5)6)32-47(38-19-27-42(28-20-38)53(10,11)12)74(49)59(75-33-54(60,61)57(67,68)69)76-34-55(62,63)58(70,71)72/h13-28,31-32H,29-30,33-34H2,1-12H3/b48-43-. The van der Waals surface area contributed by atoms with Gasteiger partial charge in [0.25, 0.3) is 0 Å². The lowest BCUT2D eigenvalue weighted by molar-refractivity contribution is -0.295. The van der Waals surface area contributed by atoms with Crippen LogP contribution in [0.15, 0.2) is 120 Å². The van der Waals surface area contributed by atoms with Gasteiger partial charge in [0.1, 0.15) is 13.2 Å². The summed E-state index contributed by atoms with van der Waals surface area (Å²) < 4.78 is 200. The number of alkyl halides is 13. The third-order valence-electron chi connectivity index (χ3n) is 13.1. The predicted molar refractivity (Wildman–Crippen MR) is 275 cm³/mol. The summed E-state index contributed by atoms with van der Waals surface area (Å²) in [5.41, 5.74) is 1.98. The highest BCUT2D eigenvalue weighted by atomic mass is 19.4. The molecule has 0 bridgehead atoms. The van der Waals surface area contributed by atoms with Crippen molar-refractivity contribution >= 4 is 24.1 Å². The van der Waals surface area contributed by atoms with E-state index < -0.39 is 80.2 Å². The van der Waals surface area contributed by atoms with Crippen molar-refractivity contribution in [2.75, 3.05) is 13.2 Å². The first kappa shape index (κ1) is 59.6. The molecule has 1 aliphatic rings. The molecule has 76 heavy (non-hydrogen) atoms. The normalized spacial score (nSPS) is 15.3. The number of halogens is 13. The van der Waals surface area contributed by atoms with Crippen LogP contribution in [-0.2, 0) is 31.0 Å². The summed E-state index contributed by atoms with van der Waals surface area (Å²) in [5.74, 6) is -11.5. The molecule has 410 valence electrons. The van der Waals surface area contributed by atoms with Crippen LogP contribution in [-0.4, -0.2) is 61.0 Å². The maximum absolute atomic E-state index is 15.0. The molecule has 4 aromatic carbocycles. The molecule has 6 rings (SSSR count). The van der Waals surface area contributed by atoms with Gasteiger partial charge < -0.3 is 13.8 Å². The Hall–Kier alpha value is -5.62. The van der Waals surface area contributed by atoms with E-state index in [1.807, 2.05) is 107 Å². The minimum absolute atomic E-state index is 0.0528. The van der Waals surface area contributed by atoms with Crippen LogP contribution in [0.2, 0.25) is 0 Å². The number of hydrogen-bond donors (Lipinski definition) is 0. The molecule has 0 fully saturated rings. The van der Waals surface area contributed by atoms with Crippen molar-refractivity contribution in [3.63, 3.8) is 0 Å². The summed E-state index contributed by atoms with van der Waals surface area (Å²) >= 11 is 0. The molecule has 18 heteroatoms. The predicted octanol–water partition coefficient (Wildman–Crippen LogP) is 17.9. The molecule has 0 amide bonds. The van der Waals surface area contributed by atoms with Crippen molar-refractivity contribution in [1.82, 2.24) is 4.48 Å². The second-order valence-corrected chi connectivity index (χ2v) is 23.3. The zero-order valence-electron chi connectivity index (χ0n) is 44.4. The minimum atomic E-state index is -6.33. The Bertz CT molecular complexity index is 2900. The fraction of sp³-hybridized carbons (Fsp3) is 0.431. The lowest BCUT2D eigenvalue weighted by Gasteiger charge is -2.28. The van der Waals surface area contributed by atoms with Crippen LogP contribution in [0, 0.1) is 0 Å². The molecule has 0 spiro atoms. The topological polar surface area (TPSA) is 35.8 Å². The van der Waals surface area contributed by atoms with Crippen molar-refractivity contribution in [3.05, 3.63) is 154 Å². The van der Waals surface area contributed by atoms with Gasteiger partial charge in [0, 0.05) is 40.1 Å². The van der Waals surface area contributed by atoms with Crippen molar-refractivity contribution in [3.8, 4) is 22.4 Å². The molecule has 0 saturated heterocycles. The lowest BCUT2D eigenvalue weighted by atomic mass is 9.85. The highest BCUT2D eigenvalue weighted by molar-refractivity contribution is 6.44. The molecule has 4 nitrogen and oxygen atoms in total. The number of benzene rings is 4. The van der Waals surface area contributed by atoms with Gasteiger partial charge in [0.15, 0.2) is 0 Å². The molecule has 5 aromatic rings. The van der Waals surface area contributed by atoms with Gasteiger partial charge in [-0.2, -0.15) is 57.1 Å². The van der Waals surface area contributed by atoms with Gasteiger partial charge in [0.05, 0.1) is 11.4 Å². The number of aromatic nitrogens is 1. The van der Waals surface area contributed by atoms with Gasteiger partial charge in [-0.15, -0.1) is 0 Å². The number of nitrogens with zero attached hydrogens (tertiary/aromatic N) is 2. The van der Waals surface area contributed by atoms with E-state index >= 15 is 17.6 Å². The van der Waals surface area contributed by atoms with E-state index in [4.69, 9.17) is 14.3 Å². The quantitative estimate of drug-likeness (QED) is 0.0821. The molecular weight excluding hydrogens is 1010 g/mol. The maximum atomic E-state index is 15.0. The van der Waals surface area contributed by atoms with Gasteiger partial charge in [0.2, 0.25) is 0 Å². The monoisotopic (exact) mass is 1080 g/mol. The average molecular weight is 1080 g/mol. The maximum Gasteiger partial charge on any atom is 0.598 e. The van der Waals surface area contributed by atoms with Crippen molar-refractivity contribution in [1.29, 1.82) is 0 Å². The fourth-order valence-electron chi connectivity index (χ4n) is 8.42. The largest absolute Gasteiger partial charge is 0.598 e. The third kappa shape index (κ3) is 13.7. The third-order valence-corrected chi connectivity index (χ3v) is 13.1. The Morgan fingerprint density at radius 2 is 0.829 bits per heavy atom. The Morgan fingerprint density at radius 3 is 1.18 bits per heavy atom. The molecule has 0 atom stereocenters. The summed E-state index contributed by atoms with van der Waals surface area (Å²) in [6.45, 7) is 17.9. The van der Waals surface area contributed by atoms with Gasteiger partial charge in [-0.05, 0) is 79.2 Å². The van der Waals surface area contributed by atoms with Crippen LogP contribution in [0.4, 0.5) is 57.1 Å². The van der Waals surface area contributed by atoms with Crippen LogP contribution < -0.4 is 0 Å². The first-order valence-electron chi connectivity index (χ1n) is 24.5. The summed E-state index contributed by atoms with van der Waals surface area (Å²) in [7, 11) is -3.04. The molecule has 0 unspecified atom stereocenters. The first-order chi connectivity index (χ1) is 34.6. The van der Waals surface area contributed by atoms with Crippen LogP contribution in [0.1, 0.15) is 135 Å². The van der Waals surface area contributed by atoms with Gasteiger partial charge in [-0.1, -0.05) is 180 Å². The Balaban J connectivity index is 1.85. The lowest BCUT2D eigenvalue weighted by Crippen LogP contribution is -2.48. The zero-order valence-corrected chi connectivity index (χ0v) is 44.4. The van der Waals surface area contributed by atoms with E-state index in [1.54, 1.807) is 66.7 Å². The minimum Gasteiger partial charge on any atom is -0.385 e. The van der Waals surface area contributed by atoms with Crippen molar-refractivity contribution < 1.29 is 66.4 Å². The number of rotatable bonds is 14. The Kier molecular flexibility index (Phi) is 16.5. The second-order valence-electron chi connectivity index (χ2n) is 23.3. The molecule has 0 aliphatic carbocycles. The van der Waals surface area contributed by atoms with E-state index in [0.717, 1.165) is 22.3 Å². The molecule has 0 N–H and O–H groups in total. The Morgan fingerprint density at radius 1 is 0.474 bits per heavy atom. The van der Waals surface area contributed by atoms with E-state index in [1.165, 1.54) is 18.2 Å². The van der Waals surface area contributed by atoms with Crippen LogP contribution in [0.25, 0.3) is 33.5 Å². The highest BCUT2D eigenvalue weighted by Gasteiger charge is 2.60. The highest BCUT2D eigenvalue weighted by Crippen LogP contribution is 2.47. The molecule has 1 aromatic heterocycles. The van der Waals surface area contributed by atoms with Gasteiger partial charge >= 0.3 is 37.6 Å². The summed E-state index contributed by atoms with van der Waals surface area (Å²) in [6.07, 6.45) is -18.6. The number of hydrogen-bond acceptors (Lipinski definition) is 3. The SMILES string of the molecule is CC(C)(C)c1ccc(C2=CC(c3ccc(C(C)(C)C)cc3)=N/C2=C(/CCC(F)(F)F)c2c(-c3ccc(C(C)(C)C)cc3)cc(-c3ccc(C(C)(C)C)cc3)n2B(OCC(F)(F)C(F)(F)F)OCC(F)(F)C(F)(F)F)cc1. The number of allylic oxidation sites excluding steroid dienone is 3. The second kappa shape index (κ2) is 21.0. The van der Waals surface area contributed by atoms with Crippen LogP contribution in [0.3, 0.4) is 0 Å². The summed E-state index contributed by atoms with van der Waals surface area (Å²) in [6, 6.07) is 28.4. The molecule has 0 radical (unpaired) electrons. The van der Waals surface area contributed by atoms with E-state index in [2.05, 4.69) is 0 Å². The van der Waals surface area contributed by atoms with E-state index in [-0.39, 0.29) is 55.8 Å². The molecule has 0 saturated carbocycles. The average Bonchev–Trinajstić information content (AvgIpc) is 3.91. The summed E-state index contributed by atoms with van der Waals surface area (Å²) in [4.78, 5) is 5.00. The van der Waals surface area contributed by atoms with E-state index in [9.17, 15) is 39.5 Å². The fourth-order valence-corrected chi connectivity index (χ4v) is 8.42. The molecule has 1 aliphatic heterocycles. The zero-order chi connectivity index (χ0) is 57.0. The van der Waals surface area contributed by atoms with Gasteiger partial charge in [-0.25, -0.2) is 4.99 Å². The van der Waals surface area contributed by atoms with Crippen LogP contribution >= 0.6 is 0 Å². The Labute approximate surface area is 436 Å². The number of aliphatic imine (C=N–C) groups is 1. The first-order valence-corrected chi connectivity index (χ1v) is 24.5. The van der Waals surface area contributed by atoms with E-state index in [0.29, 0.717) is 15.6 Å².